The SMILES string of the molecule is COC(=O)c1c(/N=C/c2cccc(C)c2O)sc2c1CC[NH+](C)C2. The molecule has 6 heteroatoms. The maximum atomic E-state index is 12.2. The molecule has 1 atom stereocenters. The lowest BCUT2D eigenvalue weighted by Crippen LogP contribution is -3.08. The predicted octanol–water partition coefficient (Wildman–Crippen LogP) is 1.87. The van der Waals surface area contributed by atoms with Crippen molar-refractivity contribution < 1.29 is 19.5 Å². The molecule has 0 fully saturated rings. The normalized spacial score (nSPS) is 17.0. The molecule has 1 aliphatic heterocycles. The second-order valence-electron chi connectivity index (χ2n) is 6.08. The molecule has 1 unspecified atom stereocenters. The van der Waals surface area contributed by atoms with Crippen molar-refractivity contribution in [1.82, 2.24) is 0 Å². The zero-order valence-electron chi connectivity index (χ0n) is 14.0. The van der Waals surface area contributed by atoms with Crippen molar-refractivity contribution in [3.63, 3.8) is 0 Å². The molecular formula is C18H21N2O3S+. The number of ether oxygens (including phenoxy) is 1. The highest BCUT2D eigenvalue weighted by Gasteiger charge is 2.29. The number of fused-ring (bicyclic) bond motifs is 1. The fraction of sp³-hybridized carbons (Fsp3) is 0.333. The van der Waals surface area contributed by atoms with Crippen LogP contribution < -0.4 is 4.90 Å². The summed E-state index contributed by atoms with van der Waals surface area (Å²) < 4.78 is 4.96. The van der Waals surface area contributed by atoms with Crippen LogP contribution in [0.1, 0.15) is 31.9 Å². The summed E-state index contributed by atoms with van der Waals surface area (Å²) in [5.41, 5.74) is 3.08. The first-order valence-corrected chi connectivity index (χ1v) is 8.69. The highest BCUT2D eigenvalue weighted by atomic mass is 32.1. The van der Waals surface area contributed by atoms with E-state index < -0.39 is 0 Å². The molecule has 1 aromatic heterocycles. The Kier molecular flexibility index (Phi) is 4.69. The van der Waals surface area contributed by atoms with Crippen LogP contribution in [0.3, 0.4) is 0 Å². The van der Waals surface area contributed by atoms with Gasteiger partial charge < -0.3 is 14.7 Å². The zero-order valence-corrected chi connectivity index (χ0v) is 14.9. The van der Waals surface area contributed by atoms with E-state index in [1.165, 1.54) is 28.2 Å². The van der Waals surface area contributed by atoms with Gasteiger partial charge in [-0.1, -0.05) is 12.1 Å². The molecule has 0 spiro atoms. The summed E-state index contributed by atoms with van der Waals surface area (Å²) in [6.07, 6.45) is 2.47. The summed E-state index contributed by atoms with van der Waals surface area (Å²) in [6.45, 7) is 3.74. The van der Waals surface area contributed by atoms with E-state index >= 15 is 0 Å². The van der Waals surface area contributed by atoms with Crippen molar-refractivity contribution in [2.24, 2.45) is 4.99 Å². The summed E-state index contributed by atoms with van der Waals surface area (Å²) in [5.74, 6) is -0.126. The molecule has 24 heavy (non-hydrogen) atoms. The Morgan fingerprint density at radius 2 is 2.25 bits per heavy atom. The molecule has 0 bridgehead atoms. The van der Waals surface area contributed by atoms with Gasteiger partial charge in [-0.25, -0.2) is 9.79 Å². The summed E-state index contributed by atoms with van der Waals surface area (Å²) in [5, 5.41) is 10.8. The molecule has 0 aliphatic carbocycles. The lowest BCUT2D eigenvalue weighted by molar-refractivity contribution is -0.895. The molecule has 0 amide bonds. The van der Waals surface area contributed by atoms with Gasteiger partial charge in [0.2, 0.25) is 0 Å². The average Bonchev–Trinajstić information content (AvgIpc) is 2.92. The quantitative estimate of drug-likeness (QED) is 0.659. The second-order valence-corrected chi connectivity index (χ2v) is 7.16. The van der Waals surface area contributed by atoms with E-state index in [1.54, 1.807) is 12.3 Å². The fourth-order valence-electron chi connectivity index (χ4n) is 2.92. The smallest absolute Gasteiger partial charge is 0.341 e. The molecule has 3 rings (SSSR count). The fourth-order valence-corrected chi connectivity index (χ4v) is 4.22. The van der Waals surface area contributed by atoms with Gasteiger partial charge in [-0.05, 0) is 24.1 Å². The van der Waals surface area contributed by atoms with Crippen molar-refractivity contribution in [1.29, 1.82) is 0 Å². The van der Waals surface area contributed by atoms with Gasteiger partial charge in [-0.2, -0.15) is 0 Å². The van der Waals surface area contributed by atoms with Crippen LogP contribution in [0.5, 0.6) is 5.75 Å². The predicted molar refractivity (Wildman–Crippen MR) is 94.9 cm³/mol. The highest BCUT2D eigenvalue weighted by Crippen LogP contribution is 2.37. The number of methoxy groups -OCH3 is 1. The van der Waals surface area contributed by atoms with Crippen LogP contribution in [0.15, 0.2) is 23.2 Å². The number of aromatic hydroxyl groups is 1. The molecule has 1 aromatic carbocycles. The number of carbonyl (C=O) groups is 1. The van der Waals surface area contributed by atoms with Crippen molar-refractivity contribution in [3.8, 4) is 5.75 Å². The number of hydrogen-bond donors (Lipinski definition) is 2. The average molecular weight is 345 g/mol. The van der Waals surface area contributed by atoms with E-state index in [-0.39, 0.29) is 11.7 Å². The molecule has 0 radical (unpaired) electrons. The number of phenols is 1. The third-order valence-electron chi connectivity index (χ3n) is 4.32. The van der Waals surface area contributed by atoms with Crippen LogP contribution in [0.4, 0.5) is 5.00 Å². The molecule has 126 valence electrons. The van der Waals surface area contributed by atoms with Gasteiger partial charge in [0, 0.05) is 18.2 Å². The van der Waals surface area contributed by atoms with Crippen LogP contribution in [0.2, 0.25) is 0 Å². The lowest BCUT2D eigenvalue weighted by atomic mass is 10.0. The van der Waals surface area contributed by atoms with Crippen molar-refractivity contribution in [2.75, 3.05) is 20.7 Å². The molecule has 0 saturated carbocycles. The van der Waals surface area contributed by atoms with Crippen LogP contribution >= 0.6 is 11.3 Å². The summed E-state index contributed by atoms with van der Waals surface area (Å²) >= 11 is 1.54. The number of aliphatic imine (C=N–C) groups is 1. The van der Waals surface area contributed by atoms with Crippen LogP contribution in [0.25, 0.3) is 0 Å². The number of rotatable bonds is 3. The van der Waals surface area contributed by atoms with E-state index in [2.05, 4.69) is 12.0 Å². The first-order valence-electron chi connectivity index (χ1n) is 7.88. The van der Waals surface area contributed by atoms with E-state index in [4.69, 9.17) is 4.74 Å². The topological polar surface area (TPSA) is 63.3 Å². The minimum Gasteiger partial charge on any atom is -0.507 e. The monoisotopic (exact) mass is 345 g/mol. The van der Waals surface area contributed by atoms with Gasteiger partial charge in [0.1, 0.15) is 22.9 Å². The number of para-hydroxylation sites is 1. The van der Waals surface area contributed by atoms with Gasteiger partial charge >= 0.3 is 5.97 Å². The molecule has 2 N–H and O–H groups in total. The number of hydrogen-bond acceptors (Lipinski definition) is 5. The van der Waals surface area contributed by atoms with E-state index in [1.807, 2.05) is 19.1 Å². The number of quaternary nitrogens is 1. The molecule has 5 nitrogen and oxygen atoms in total. The van der Waals surface area contributed by atoms with Gasteiger partial charge in [-0.15, -0.1) is 11.3 Å². The molecule has 0 saturated heterocycles. The Morgan fingerprint density at radius 3 is 3.00 bits per heavy atom. The van der Waals surface area contributed by atoms with Crippen LogP contribution in [0, 0.1) is 6.92 Å². The Morgan fingerprint density at radius 1 is 1.46 bits per heavy atom. The third-order valence-corrected chi connectivity index (χ3v) is 5.46. The number of likely N-dealkylation sites (N-methyl/N-ethyl adjacent to an activating group) is 1. The first-order chi connectivity index (χ1) is 11.5. The highest BCUT2D eigenvalue weighted by molar-refractivity contribution is 7.16. The molecule has 2 heterocycles. The zero-order chi connectivity index (χ0) is 17.3. The van der Waals surface area contributed by atoms with Gasteiger partial charge in [0.25, 0.3) is 0 Å². The molecule has 1 aliphatic rings. The number of esters is 1. The summed E-state index contributed by atoms with van der Waals surface area (Å²) in [4.78, 5) is 19.4. The second kappa shape index (κ2) is 6.75. The number of benzene rings is 1. The molecular weight excluding hydrogens is 324 g/mol. The Labute approximate surface area is 145 Å². The number of carbonyl (C=O) groups excluding carboxylic acids is 1. The van der Waals surface area contributed by atoms with Gasteiger partial charge in [-0.3, -0.25) is 0 Å². The first kappa shape index (κ1) is 16.7. The van der Waals surface area contributed by atoms with E-state index in [9.17, 15) is 9.90 Å². The summed E-state index contributed by atoms with van der Waals surface area (Å²) in [6, 6.07) is 5.51. The van der Waals surface area contributed by atoms with E-state index in [0.717, 1.165) is 30.6 Å². The standard InChI is InChI=1S/C18H20N2O3S/c1-11-5-4-6-12(16(11)21)9-19-17-15(18(22)23-3)13-7-8-20(2)10-14(13)24-17/h4-6,9,21H,7-8,10H2,1-3H3/p+1/b19-9+. The number of nitrogens with one attached hydrogen (secondary N) is 1. The Hall–Kier alpha value is -2.18. The van der Waals surface area contributed by atoms with Crippen molar-refractivity contribution >= 4 is 28.5 Å². The van der Waals surface area contributed by atoms with Gasteiger partial charge in [0.05, 0.1) is 25.6 Å². The van der Waals surface area contributed by atoms with Gasteiger partial charge in [0.15, 0.2) is 0 Å². The largest absolute Gasteiger partial charge is 0.507 e. The summed E-state index contributed by atoms with van der Waals surface area (Å²) in [7, 11) is 3.54. The Bertz CT molecular complexity index is 811. The Balaban J connectivity index is 2.02. The number of phenolic OH excluding ortho intramolecular Hbond substituents is 1. The number of thiophene rings is 1. The lowest BCUT2D eigenvalue weighted by Gasteiger charge is -2.19. The van der Waals surface area contributed by atoms with E-state index in [0.29, 0.717) is 16.1 Å². The maximum absolute atomic E-state index is 12.2. The third kappa shape index (κ3) is 3.07. The molecule has 2 aromatic rings. The number of aryl methyl sites for hydroxylation is 1. The maximum Gasteiger partial charge on any atom is 0.341 e. The van der Waals surface area contributed by atoms with Crippen molar-refractivity contribution in [3.05, 3.63) is 45.3 Å². The van der Waals surface area contributed by atoms with Crippen LogP contribution in [-0.4, -0.2) is 38.0 Å². The number of nitrogens with zero attached hydrogens (tertiary/aromatic N) is 1. The van der Waals surface area contributed by atoms with Crippen molar-refractivity contribution in [2.45, 2.75) is 19.9 Å². The van der Waals surface area contributed by atoms with Crippen LogP contribution in [-0.2, 0) is 17.7 Å². The minimum absolute atomic E-state index is 0.214. The minimum atomic E-state index is -0.340.